The topological polar surface area (TPSA) is 0 Å². The van der Waals surface area contributed by atoms with Crippen LogP contribution in [-0.4, -0.2) is 0 Å². The Morgan fingerprint density at radius 1 is 0.176 bits per heavy atom. The molecule has 0 spiro atoms. The third kappa shape index (κ3) is 109. The SMILES string of the molecule is [CH3-].[V].[Y].[Y].[Y].[Y].[Y].[Y].[Y].[Y].[Y].[Y].[Y].[Y].[Y].[Y].[Y]. The van der Waals surface area contributed by atoms with Gasteiger partial charge in [-0.1, -0.05) is 0 Å². The molecule has 0 heterocycles. The fourth-order valence-electron chi connectivity index (χ4n) is 0. The summed E-state index contributed by atoms with van der Waals surface area (Å²) in [5.74, 6) is 0. The van der Waals surface area contributed by atoms with E-state index in [2.05, 4.69) is 0 Å². The molecule has 0 atom stereocenters. The summed E-state index contributed by atoms with van der Waals surface area (Å²) in [6.45, 7) is 0. The number of hydrogen-bond donors (Lipinski definition) is 0. The van der Waals surface area contributed by atoms with Crippen LogP contribution in [0.4, 0.5) is 0 Å². The molecular weight excluding hydrogens is 1400 g/mol. The molecule has 58 valence electrons. The van der Waals surface area contributed by atoms with E-state index in [-0.39, 0.29) is 517 Å². The van der Waals surface area contributed by atoms with Crippen molar-refractivity contribution in [1.29, 1.82) is 0 Å². The normalized spacial score (nSPS) is 0. The monoisotopic (exact) mass is 1400 g/mol. The van der Waals surface area contributed by atoms with Gasteiger partial charge in [0.15, 0.2) is 0 Å². The van der Waals surface area contributed by atoms with Gasteiger partial charge in [-0.25, -0.2) is 0 Å². The summed E-state index contributed by atoms with van der Waals surface area (Å²) < 4.78 is 0. The molecule has 0 fully saturated rings. The van der Waals surface area contributed by atoms with Crippen LogP contribution in [0.5, 0.6) is 0 Å². The molecule has 0 aliphatic carbocycles. The van der Waals surface area contributed by atoms with E-state index in [9.17, 15) is 0 Å². The molecule has 17 heavy (non-hydrogen) atoms. The van der Waals surface area contributed by atoms with Gasteiger partial charge in [0.1, 0.15) is 0 Å². The van der Waals surface area contributed by atoms with Crippen LogP contribution in [0.2, 0.25) is 0 Å². The molecule has 0 bridgehead atoms. The molecule has 0 N–H and O–H groups in total. The van der Waals surface area contributed by atoms with Crippen molar-refractivity contribution in [1.82, 2.24) is 0 Å². The molecule has 0 aliphatic heterocycles. The molecule has 0 aromatic carbocycles. The van der Waals surface area contributed by atoms with Crippen molar-refractivity contribution in [2.24, 2.45) is 0 Å². The van der Waals surface area contributed by atoms with E-state index >= 15 is 0 Å². The molecule has 0 unspecified atom stereocenters. The molecule has 16 heteroatoms. The first-order chi connectivity index (χ1) is 0. The minimum absolute atomic E-state index is 0. The average molecular weight is 1400 g/mol. The van der Waals surface area contributed by atoms with Crippen LogP contribution >= 0.6 is 0 Å². The molecule has 0 aromatic heterocycles. The van der Waals surface area contributed by atoms with Crippen LogP contribution in [0.15, 0.2) is 0 Å². The third-order valence-electron chi connectivity index (χ3n) is 0. The molecule has 16 radical (unpaired) electrons. The van der Waals surface area contributed by atoms with Crippen LogP contribution in [0.3, 0.4) is 0 Å². The van der Waals surface area contributed by atoms with Crippen LogP contribution in [0.25, 0.3) is 0 Å². The standard InChI is InChI=1S/CH3.V.15Y/h1H3;;;;;;;;;;;;;;;;/q-1;;;;;;;;;;;;;;;;. The van der Waals surface area contributed by atoms with Crippen molar-refractivity contribution in [3.8, 4) is 0 Å². The predicted octanol–water partition coefficient (Wildman–Crippen LogP) is 0.410. The first kappa shape index (κ1) is 128. The second-order valence-electron chi connectivity index (χ2n) is 0. The average Bonchev–Trinajstić information content (AvgIpc) is 0. The van der Waals surface area contributed by atoms with Crippen molar-refractivity contribution < 1.29 is 509 Å². The Morgan fingerprint density at radius 2 is 0.176 bits per heavy atom. The quantitative estimate of drug-likeness (QED) is 0.309. The van der Waals surface area contributed by atoms with E-state index in [0.717, 1.165) is 0 Å². The Kier molecular flexibility index (Phi) is 875. The van der Waals surface area contributed by atoms with E-state index in [1.54, 1.807) is 0 Å². The second-order valence-corrected chi connectivity index (χ2v) is 0. The van der Waals surface area contributed by atoms with E-state index in [4.69, 9.17) is 0 Å². The van der Waals surface area contributed by atoms with Gasteiger partial charge in [-0.2, -0.15) is 0 Å². The first-order valence-electron chi connectivity index (χ1n) is 0. The van der Waals surface area contributed by atoms with Gasteiger partial charge in [-0.15, -0.1) is 0 Å². The maximum Gasteiger partial charge on any atom is 0 e. The van der Waals surface area contributed by atoms with Gasteiger partial charge in [0.2, 0.25) is 0 Å². The smallest absolute Gasteiger partial charge is 0 e. The summed E-state index contributed by atoms with van der Waals surface area (Å²) in [7, 11) is 0. The second kappa shape index (κ2) is 117. The molecule has 0 aliphatic rings. The Balaban J connectivity index is 0. The molecule has 0 rings (SSSR count). The van der Waals surface area contributed by atoms with E-state index in [1.165, 1.54) is 0 Å². The van der Waals surface area contributed by atoms with Crippen molar-refractivity contribution >= 4 is 0 Å². The Morgan fingerprint density at radius 3 is 0.176 bits per heavy atom. The van der Waals surface area contributed by atoms with Crippen LogP contribution < -0.4 is 0 Å². The number of hydrogen-bond acceptors (Lipinski definition) is 0. The summed E-state index contributed by atoms with van der Waals surface area (Å²) in [6, 6.07) is 0. The fraction of sp³-hybridized carbons (Fsp3) is 0. The van der Waals surface area contributed by atoms with E-state index < -0.39 is 0 Å². The van der Waals surface area contributed by atoms with E-state index in [1.807, 2.05) is 0 Å². The first-order valence-corrected chi connectivity index (χ1v) is 0. The van der Waals surface area contributed by atoms with Crippen LogP contribution in [0, 0.1) is 7.43 Å². The van der Waals surface area contributed by atoms with Gasteiger partial charge in [-0.3, -0.25) is 0 Å². The fourth-order valence-corrected chi connectivity index (χ4v) is 0. The summed E-state index contributed by atoms with van der Waals surface area (Å²) in [5.41, 5.74) is 0. The predicted molar refractivity (Wildman–Crippen MR) is 6.41 cm³/mol. The maximum atomic E-state index is 0. The molecule has 0 nitrogen and oxygen atoms in total. The van der Waals surface area contributed by atoms with Gasteiger partial charge in [0.05, 0.1) is 0 Å². The molecule has 0 saturated carbocycles. The summed E-state index contributed by atoms with van der Waals surface area (Å²) in [6.07, 6.45) is 0. The minimum Gasteiger partial charge on any atom is -0.358 e. The van der Waals surface area contributed by atoms with Gasteiger partial charge in [0.25, 0.3) is 0 Å². The summed E-state index contributed by atoms with van der Waals surface area (Å²) in [5, 5.41) is 0. The Labute approximate surface area is 498 Å². The maximum absolute atomic E-state index is 0. The van der Waals surface area contributed by atoms with Crippen LogP contribution in [-0.2, 0) is 509 Å². The third-order valence-corrected chi connectivity index (χ3v) is 0. The zero-order chi connectivity index (χ0) is 0. The van der Waals surface area contributed by atoms with Gasteiger partial charge < -0.3 is 7.43 Å². The van der Waals surface area contributed by atoms with Crippen LogP contribution in [0.1, 0.15) is 0 Å². The molecule has 0 saturated heterocycles. The zero-order valence-corrected chi connectivity index (χ0v) is 54.1. The summed E-state index contributed by atoms with van der Waals surface area (Å²) >= 11 is 0. The van der Waals surface area contributed by atoms with Gasteiger partial charge in [0, 0.05) is 509 Å². The van der Waals surface area contributed by atoms with Crippen molar-refractivity contribution in [3.05, 3.63) is 7.43 Å². The Hall–Kier alpha value is 17.1. The zero-order valence-electron chi connectivity index (χ0n) is 10.1. The molecular formula is CH3VY15-. The summed E-state index contributed by atoms with van der Waals surface area (Å²) in [4.78, 5) is 0. The molecule has 0 aromatic rings. The molecule has 0 amide bonds. The Bertz CT molecular complexity index is 10.9. The largest absolute Gasteiger partial charge is 0.358 e. The minimum atomic E-state index is 0. The van der Waals surface area contributed by atoms with Crippen molar-refractivity contribution in [3.63, 3.8) is 0 Å². The van der Waals surface area contributed by atoms with Gasteiger partial charge >= 0.3 is 0 Å². The van der Waals surface area contributed by atoms with Gasteiger partial charge in [-0.05, 0) is 0 Å². The number of rotatable bonds is 0. The van der Waals surface area contributed by atoms with E-state index in [0.29, 0.717) is 0 Å². The van der Waals surface area contributed by atoms with Crippen molar-refractivity contribution in [2.75, 3.05) is 0 Å². The van der Waals surface area contributed by atoms with Crippen molar-refractivity contribution in [2.45, 2.75) is 0 Å².